The number of aliphatic imine (C=N–C) groups is 1. The second-order valence-corrected chi connectivity index (χ2v) is 6.89. The lowest BCUT2D eigenvalue weighted by molar-refractivity contribution is 0.422. The molecule has 0 bridgehead atoms. The van der Waals surface area contributed by atoms with Crippen molar-refractivity contribution in [2.75, 3.05) is 26.7 Å². The van der Waals surface area contributed by atoms with Gasteiger partial charge in [-0.1, -0.05) is 40.9 Å². The summed E-state index contributed by atoms with van der Waals surface area (Å²) in [7, 11) is 2.11. The second-order valence-electron chi connectivity index (χ2n) is 5.97. The summed E-state index contributed by atoms with van der Waals surface area (Å²) in [5.41, 5.74) is 1.75. The average molecular weight is 336 g/mol. The Labute approximate surface area is 129 Å². The molecule has 1 saturated carbocycles. The lowest BCUT2D eigenvalue weighted by Crippen LogP contribution is -2.43. The van der Waals surface area contributed by atoms with Gasteiger partial charge < -0.3 is 10.2 Å². The molecule has 20 heavy (non-hydrogen) atoms. The molecule has 1 aromatic rings. The van der Waals surface area contributed by atoms with Crippen LogP contribution in [0.5, 0.6) is 0 Å². The topological polar surface area (TPSA) is 27.6 Å². The Kier molecular flexibility index (Phi) is 4.01. The fraction of sp³-hybridized carbons (Fsp3) is 0.562. The van der Waals surface area contributed by atoms with Crippen LogP contribution >= 0.6 is 15.9 Å². The maximum Gasteiger partial charge on any atom is 0.193 e. The smallest absolute Gasteiger partial charge is 0.193 e. The molecule has 0 aromatic heterocycles. The highest BCUT2D eigenvalue weighted by atomic mass is 79.9. The minimum absolute atomic E-state index is 0.284. The van der Waals surface area contributed by atoms with Crippen LogP contribution in [0, 0.1) is 0 Å². The van der Waals surface area contributed by atoms with E-state index in [4.69, 9.17) is 0 Å². The molecule has 2 aliphatic rings. The summed E-state index contributed by atoms with van der Waals surface area (Å²) in [6.07, 6.45) is 5.22. The predicted molar refractivity (Wildman–Crippen MR) is 87.2 cm³/mol. The molecule has 0 atom stereocenters. The van der Waals surface area contributed by atoms with Crippen molar-refractivity contribution in [2.45, 2.75) is 31.1 Å². The highest BCUT2D eigenvalue weighted by Crippen LogP contribution is 2.41. The summed E-state index contributed by atoms with van der Waals surface area (Å²) in [4.78, 5) is 6.75. The molecule has 3 rings (SSSR count). The first-order valence-corrected chi connectivity index (χ1v) is 8.24. The van der Waals surface area contributed by atoms with Crippen molar-refractivity contribution >= 4 is 21.9 Å². The highest BCUT2D eigenvalue weighted by molar-refractivity contribution is 9.10. The fourth-order valence-electron chi connectivity index (χ4n) is 3.39. The highest BCUT2D eigenvalue weighted by Gasteiger charge is 2.36. The molecule has 1 aliphatic heterocycles. The largest absolute Gasteiger partial charge is 0.355 e. The van der Waals surface area contributed by atoms with Crippen molar-refractivity contribution in [1.29, 1.82) is 0 Å². The monoisotopic (exact) mass is 335 g/mol. The number of hydrogen-bond acceptors (Lipinski definition) is 3. The maximum atomic E-state index is 4.54. The van der Waals surface area contributed by atoms with Crippen LogP contribution in [-0.4, -0.2) is 37.5 Å². The van der Waals surface area contributed by atoms with Crippen LogP contribution in [0.3, 0.4) is 0 Å². The molecule has 1 aliphatic carbocycles. The number of nitrogens with one attached hydrogen (secondary N) is 1. The Bertz CT molecular complexity index is 489. The van der Waals surface area contributed by atoms with Crippen molar-refractivity contribution in [3.63, 3.8) is 0 Å². The SMILES string of the molecule is CN1CCN=C1NCC1(c2ccc(Br)cc2)CCCC1. The Morgan fingerprint density at radius 3 is 2.55 bits per heavy atom. The summed E-state index contributed by atoms with van der Waals surface area (Å²) in [5, 5.41) is 3.59. The first-order valence-electron chi connectivity index (χ1n) is 7.45. The molecule has 0 amide bonds. The minimum Gasteiger partial charge on any atom is -0.355 e. The quantitative estimate of drug-likeness (QED) is 0.918. The Morgan fingerprint density at radius 1 is 1.25 bits per heavy atom. The van der Waals surface area contributed by atoms with E-state index in [2.05, 4.69) is 62.5 Å². The summed E-state index contributed by atoms with van der Waals surface area (Å²) in [6.45, 7) is 2.95. The lowest BCUT2D eigenvalue weighted by atomic mass is 9.79. The molecule has 0 radical (unpaired) electrons. The molecule has 108 valence electrons. The van der Waals surface area contributed by atoms with E-state index in [-0.39, 0.29) is 5.41 Å². The Morgan fingerprint density at radius 2 is 1.95 bits per heavy atom. The van der Waals surface area contributed by atoms with Gasteiger partial charge in [0, 0.05) is 30.0 Å². The van der Waals surface area contributed by atoms with Crippen LogP contribution in [0.1, 0.15) is 31.2 Å². The summed E-state index contributed by atoms with van der Waals surface area (Å²) >= 11 is 3.53. The van der Waals surface area contributed by atoms with E-state index in [0.717, 1.165) is 30.1 Å². The van der Waals surface area contributed by atoms with Crippen LogP contribution in [0.25, 0.3) is 0 Å². The molecule has 1 aromatic carbocycles. The van der Waals surface area contributed by atoms with E-state index in [1.54, 1.807) is 0 Å². The molecule has 1 N–H and O–H groups in total. The first-order chi connectivity index (χ1) is 9.70. The molecule has 1 heterocycles. The molecule has 0 saturated heterocycles. The van der Waals surface area contributed by atoms with Gasteiger partial charge in [0.1, 0.15) is 0 Å². The normalized spacial score (nSPS) is 21.1. The first kappa shape index (κ1) is 13.9. The second kappa shape index (κ2) is 5.76. The van der Waals surface area contributed by atoms with Gasteiger partial charge in [0.15, 0.2) is 5.96 Å². The fourth-order valence-corrected chi connectivity index (χ4v) is 3.66. The number of halogens is 1. The van der Waals surface area contributed by atoms with Crippen molar-refractivity contribution < 1.29 is 0 Å². The van der Waals surface area contributed by atoms with Crippen LogP contribution in [-0.2, 0) is 5.41 Å². The standard InChI is InChI=1S/C16H22BrN3/c1-20-11-10-18-15(20)19-12-16(8-2-3-9-16)13-4-6-14(17)7-5-13/h4-7H,2-3,8-12H2,1H3,(H,18,19). The maximum absolute atomic E-state index is 4.54. The third kappa shape index (κ3) is 2.71. The van der Waals surface area contributed by atoms with Crippen LogP contribution in [0.4, 0.5) is 0 Å². The van der Waals surface area contributed by atoms with E-state index in [0.29, 0.717) is 0 Å². The number of hydrogen-bond donors (Lipinski definition) is 1. The number of nitrogens with zero attached hydrogens (tertiary/aromatic N) is 2. The van der Waals surface area contributed by atoms with Gasteiger partial charge in [-0.15, -0.1) is 0 Å². The van der Waals surface area contributed by atoms with Gasteiger partial charge in [0.05, 0.1) is 6.54 Å². The van der Waals surface area contributed by atoms with Crippen molar-refractivity contribution in [3.8, 4) is 0 Å². The van der Waals surface area contributed by atoms with Gasteiger partial charge in [-0.05, 0) is 30.5 Å². The molecule has 0 unspecified atom stereocenters. The predicted octanol–water partition coefficient (Wildman–Crippen LogP) is 3.15. The van der Waals surface area contributed by atoms with Crippen molar-refractivity contribution in [3.05, 3.63) is 34.3 Å². The minimum atomic E-state index is 0.284. The van der Waals surface area contributed by atoms with Crippen LogP contribution < -0.4 is 5.32 Å². The summed E-state index contributed by atoms with van der Waals surface area (Å²) in [5.74, 6) is 1.06. The van der Waals surface area contributed by atoms with Crippen molar-refractivity contribution in [1.82, 2.24) is 10.2 Å². The lowest BCUT2D eigenvalue weighted by Gasteiger charge is -2.31. The van der Waals surface area contributed by atoms with Gasteiger partial charge in [-0.2, -0.15) is 0 Å². The van der Waals surface area contributed by atoms with Gasteiger partial charge >= 0.3 is 0 Å². The zero-order valence-corrected chi connectivity index (χ0v) is 13.6. The van der Waals surface area contributed by atoms with E-state index in [1.165, 1.54) is 31.2 Å². The third-order valence-corrected chi connectivity index (χ3v) is 5.19. The number of guanidine groups is 1. The van der Waals surface area contributed by atoms with Gasteiger partial charge in [-0.25, -0.2) is 0 Å². The van der Waals surface area contributed by atoms with E-state index >= 15 is 0 Å². The van der Waals surface area contributed by atoms with E-state index in [1.807, 2.05) is 0 Å². The summed E-state index contributed by atoms with van der Waals surface area (Å²) < 4.78 is 1.15. The zero-order valence-electron chi connectivity index (χ0n) is 12.0. The Hall–Kier alpha value is -1.03. The average Bonchev–Trinajstić information content (AvgIpc) is 3.07. The zero-order chi connectivity index (χ0) is 14.0. The van der Waals surface area contributed by atoms with E-state index in [9.17, 15) is 0 Å². The van der Waals surface area contributed by atoms with Gasteiger partial charge in [0.2, 0.25) is 0 Å². The number of likely N-dealkylation sites (N-methyl/N-ethyl adjacent to an activating group) is 1. The third-order valence-electron chi connectivity index (χ3n) is 4.66. The molecule has 4 heteroatoms. The van der Waals surface area contributed by atoms with Crippen LogP contribution in [0.2, 0.25) is 0 Å². The van der Waals surface area contributed by atoms with Gasteiger partial charge in [0.25, 0.3) is 0 Å². The summed E-state index contributed by atoms with van der Waals surface area (Å²) in [6, 6.07) is 8.87. The van der Waals surface area contributed by atoms with E-state index < -0.39 is 0 Å². The van der Waals surface area contributed by atoms with Crippen molar-refractivity contribution in [2.24, 2.45) is 4.99 Å². The van der Waals surface area contributed by atoms with Gasteiger partial charge in [-0.3, -0.25) is 4.99 Å². The van der Waals surface area contributed by atoms with Crippen LogP contribution in [0.15, 0.2) is 33.7 Å². The molecular weight excluding hydrogens is 314 g/mol. The molecular formula is C16H22BrN3. The Balaban J connectivity index is 1.76. The molecule has 1 fully saturated rings. The molecule has 0 spiro atoms. The molecule has 3 nitrogen and oxygen atoms in total. The number of rotatable bonds is 3. The number of benzene rings is 1.